The van der Waals surface area contributed by atoms with Gasteiger partial charge >= 0.3 is 7.82 Å². The van der Waals surface area contributed by atoms with Crippen LogP contribution in [0, 0.1) is 6.92 Å². The molecular formula is C26H23ClN3O4P. The van der Waals surface area contributed by atoms with Crippen LogP contribution in [0.15, 0.2) is 78.9 Å². The lowest BCUT2D eigenvalue weighted by Gasteiger charge is -2.21. The van der Waals surface area contributed by atoms with Crippen LogP contribution in [0.1, 0.15) is 22.4 Å². The Morgan fingerprint density at radius 2 is 1.83 bits per heavy atom. The van der Waals surface area contributed by atoms with Crippen molar-refractivity contribution in [3.05, 3.63) is 106 Å². The molecule has 5 rings (SSSR count). The van der Waals surface area contributed by atoms with Crippen LogP contribution in [-0.4, -0.2) is 26.1 Å². The minimum absolute atomic E-state index is 0.102. The van der Waals surface area contributed by atoms with Gasteiger partial charge in [-0.3, -0.25) is 9.79 Å². The third-order valence-electron chi connectivity index (χ3n) is 5.73. The SMILES string of the molecule is Cc1ccc(C2=CCNc3c(-c4ccc(Cl)cc4)c(Cc4ccccc4)nn32)c(OP(=O)(O)O)c1. The fourth-order valence-corrected chi connectivity index (χ4v) is 4.77. The van der Waals surface area contributed by atoms with E-state index in [2.05, 4.69) is 17.4 Å². The van der Waals surface area contributed by atoms with Crippen LogP contribution < -0.4 is 9.84 Å². The molecule has 0 aliphatic carbocycles. The van der Waals surface area contributed by atoms with Crippen molar-refractivity contribution < 1.29 is 18.9 Å². The maximum Gasteiger partial charge on any atom is 0.524 e. The number of nitrogens with zero attached hydrogens (tertiary/aromatic N) is 2. The van der Waals surface area contributed by atoms with Gasteiger partial charge in [0.2, 0.25) is 0 Å². The molecule has 1 aliphatic rings. The predicted molar refractivity (Wildman–Crippen MR) is 138 cm³/mol. The number of anilines is 1. The summed E-state index contributed by atoms with van der Waals surface area (Å²) in [6.07, 6.45) is 2.53. The molecule has 0 bridgehead atoms. The Bertz CT molecular complexity index is 1460. The van der Waals surface area contributed by atoms with Crippen molar-refractivity contribution in [3.8, 4) is 16.9 Å². The van der Waals surface area contributed by atoms with Gasteiger partial charge in [0, 0.05) is 29.1 Å². The third kappa shape index (κ3) is 5.04. The van der Waals surface area contributed by atoms with E-state index in [1.807, 2.05) is 61.5 Å². The van der Waals surface area contributed by atoms with E-state index in [0.29, 0.717) is 29.2 Å². The Hall–Kier alpha value is -3.35. The van der Waals surface area contributed by atoms with Gasteiger partial charge in [0.05, 0.1) is 11.4 Å². The molecule has 9 heteroatoms. The van der Waals surface area contributed by atoms with Gasteiger partial charge < -0.3 is 9.84 Å². The van der Waals surface area contributed by atoms with E-state index in [1.54, 1.807) is 16.8 Å². The lowest BCUT2D eigenvalue weighted by atomic mass is 10.00. The maximum atomic E-state index is 11.7. The van der Waals surface area contributed by atoms with Crippen LogP contribution in [0.3, 0.4) is 0 Å². The molecule has 0 radical (unpaired) electrons. The molecule has 1 aliphatic heterocycles. The van der Waals surface area contributed by atoms with Crippen LogP contribution in [-0.2, 0) is 11.0 Å². The zero-order chi connectivity index (χ0) is 24.6. The van der Waals surface area contributed by atoms with Gasteiger partial charge in [0.15, 0.2) is 0 Å². The average molecular weight is 508 g/mol. The largest absolute Gasteiger partial charge is 0.524 e. The number of aromatic nitrogens is 2. The van der Waals surface area contributed by atoms with Crippen molar-refractivity contribution >= 4 is 30.9 Å². The highest BCUT2D eigenvalue weighted by atomic mass is 35.5. The molecule has 35 heavy (non-hydrogen) atoms. The highest BCUT2D eigenvalue weighted by Crippen LogP contribution is 2.44. The summed E-state index contributed by atoms with van der Waals surface area (Å²) >= 11 is 6.15. The summed E-state index contributed by atoms with van der Waals surface area (Å²) in [5, 5.41) is 9.04. The molecule has 3 N–H and O–H groups in total. The van der Waals surface area contributed by atoms with Crippen molar-refractivity contribution in [2.75, 3.05) is 11.9 Å². The molecule has 0 saturated heterocycles. The first-order chi connectivity index (χ1) is 16.8. The monoisotopic (exact) mass is 507 g/mol. The van der Waals surface area contributed by atoms with E-state index in [0.717, 1.165) is 33.8 Å². The van der Waals surface area contributed by atoms with Gasteiger partial charge in [0.1, 0.15) is 11.6 Å². The minimum Gasteiger partial charge on any atom is -0.404 e. The van der Waals surface area contributed by atoms with E-state index in [1.165, 1.54) is 0 Å². The number of phosphoric ester groups is 1. The first kappa shape index (κ1) is 23.4. The van der Waals surface area contributed by atoms with Gasteiger partial charge in [-0.1, -0.05) is 60.1 Å². The fourth-order valence-electron chi connectivity index (χ4n) is 4.23. The predicted octanol–water partition coefficient (Wildman–Crippen LogP) is 5.89. The molecule has 3 aromatic carbocycles. The van der Waals surface area contributed by atoms with Gasteiger partial charge in [0.25, 0.3) is 0 Å². The first-order valence-corrected chi connectivity index (χ1v) is 12.9. The van der Waals surface area contributed by atoms with E-state index < -0.39 is 7.82 Å². The van der Waals surface area contributed by atoms with Gasteiger partial charge in [-0.25, -0.2) is 9.25 Å². The second-order valence-electron chi connectivity index (χ2n) is 8.30. The Morgan fingerprint density at radius 1 is 1.09 bits per heavy atom. The summed E-state index contributed by atoms with van der Waals surface area (Å²) < 4.78 is 18.5. The summed E-state index contributed by atoms with van der Waals surface area (Å²) in [7, 11) is -4.76. The van der Waals surface area contributed by atoms with Gasteiger partial charge in [-0.15, -0.1) is 0 Å². The molecule has 178 valence electrons. The number of phosphoric acid groups is 1. The number of aryl methyl sites for hydroxylation is 1. The van der Waals surface area contributed by atoms with Crippen LogP contribution in [0.5, 0.6) is 5.75 Å². The topological polar surface area (TPSA) is 96.6 Å². The Kier molecular flexibility index (Phi) is 6.26. The molecule has 2 heterocycles. The molecule has 0 fully saturated rings. The smallest absolute Gasteiger partial charge is 0.404 e. The van der Waals surface area contributed by atoms with Crippen LogP contribution >= 0.6 is 19.4 Å². The van der Waals surface area contributed by atoms with Crippen LogP contribution in [0.2, 0.25) is 5.02 Å². The molecule has 0 unspecified atom stereocenters. The number of benzene rings is 3. The second-order valence-corrected chi connectivity index (χ2v) is 9.90. The van der Waals surface area contributed by atoms with E-state index >= 15 is 0 Å². The van der Waals surface area contributed by atoms with Crippen LogP contribution in [0.25, 0.3) is 16.8 Å². The number of nitrogens with one attached hydrogen (secondary N) is 1. The normalized spacial score (nSPS) is 13.1. The quantitative estimate of drug-likeness (QED) is 0.282. The number of hydrogen-bond acceptors (Lipinski definition) is 4. The lowest BCUT2D eigenvalue weighted by molar-refractivity contribution is 0.283. The molecule has 0 amide bonds. The molecule has 7 nitrogen and oxygen atoms in total. The highest BCUT2D eigenvalue weighted by Gasteiger charge is 2.27. The second kappa shape index (κ2) is 9.36. The van der Waals surface area contributed by atoms with Gasteiger partial charge in [-0.2, -0.15) is 5.10 Å². The summed E-state index contributed by atoms with van der Waals surface area (Å²) in [6.45, 7) is 2.35. The van der Waals surface area contributed by atoms with Crippen molar-refractivity contribution in [1.82, 2.24) is 9.78 Å². The third-order valence-corrected chi connectivity index (χ3v) is 6.42. The Labute approximate surface area is 207 Å². The molecule has 0 saturated carbocycles. The number of rotatable bonds is 6. The van der Waals surface area contributed by atoms with Crippen molar-refractivity contribution in [2.45, 2.75) is 13.3 Å². The molecule has 1 aromatic heterocycles. The Morgan fingerprint density at radius 3 is 2.54 bits per heavy atom. The zero-order valence-electron chi connectivity index (χ0n) is 18.9. The number of halogens is 1. The van der Waals surface area contributed by atoms with Crippen LogP contribution in [0.4, 0.5) is 5.82 Å². The van der Waals surface area contributed by atoms with E-state index in [4.69, 9.17) is 21.2 Å². The molecule has 0 spiro atoms. The van der Waals surface area contributed by atoms with Crippen molar-refractivity contribution in [1.29, 1.82) is 0 Å². The average Bonchev–Trinajstić information content (AvgIpc) is 3.17. The van der Waals surface area contributed by atoms with E-state index in [-0.39, 0.29) is 5.75 Å². The number of fused-ring (bicyclic) bond motifs is 1. The minimum atomic E-state index is -4.76. The van der Waals surface area contributed by atoms with Gasteiger partial charge in [-0.05, 0) is 54.0 Å². The molecule has 4 aromatic rings. The zero-order valence-corrected chi connectivity index (χ0v) is 20.5. The standard InChI is InChI=1S/C26H23ClN3O4P/c1-17-7-12-21(24(15-17)34-35(31,32)33)23-13-14-28-26-25(19-8-10-20(27)11-9-19)22(29-30(23)26)16-18-5-3-2-4-6-18/h2-13,15,28H,14,16H2,1H3,(H2,31,32,33). The molecule has 0 atom stereocenters. The first-order valence-electron chi connectivity index (χ1n) is 11.0. The summed E-state index contributed by atoms with van der Waals surface area (Å²) in [5.41, 5.74) is 5.92. The summed E-state index contributed by atoms with van der Waals surface area (Å²) in [6, 6.07) is 23.0. The summed E-state index contributed by atoms with van der Waals surface area (Å²) in [5.74, 6) is 0.893. The molecular weight excluding hydrogens is 485 g/mol. The van der Waals surface area contributed by atoms with E-state index in [9.17, 15) is 14.4 Å². The Balaban J connectivity index is 1.67. The lowest BCUT2D eigenvalue weighted by Crippen LogP contribution is -2.16. The number of hydrogen-bond donors (Lipinski definition) is 3. The maximum absolute atomic E-state index is 11.7. The summed E-state index contributed by atoms with van der Waals surface area (Å²) in [4.78, 5) is 19.0. The highest BCUT2D eigenvalue weighted by molar-refractivity contribution is 7.46. The van der Waals surface area contributed by atoms with Crippen molar-refractivity contribution in [2.24, 2.45) is 0 Å². The van der Waals surface area contributed by atoms with Crippen molar-refractivity contribution in [3.63, 3.8) is 0 Å². The fraction of sp³-hybridized carbons (Fsp3) is 0.115.